The Kier molecular flexibility index (Phi) is 5.40. The number of carbonyl (C=O) groups excluding carboxylic acids is 3. The van der Waals surface area contributed by atoms with Crippen molar-refractivity contribution in [3.8, 4) is 0 Å². The number of amidine groups is 1. The van der Waals surface area contributed by atoms with Crippen LogP contribution in [-0.4, -0.2) is 66.5 Å². The van der Waals surface area contributed by atoms with Gasteiger partial charge < -0.3 is 18.9 Å². The summed E-state index contributed by atoms with van der Waals surface area (Å²) in [6.07, 6.45) is -2.70. The monoisotopic (exact) mass is 410 g/mol. The zero-order chi connectivity index (χ0) is 21.7. The van der Waals surface area contributed by atoms with Gasteiger partial charge >= 0.3 is 11.9 Å². The van der Waals surface area contributed by atoms with Crippen molar-refractivity contribution in [2.75, 3.05) is 13.2 Å². The molecule has 0 bridgehead atoms. The van der Waals surface area contributed by atoms with Crippen LogP contribution in [0.15, 0.2) is 4.99 Å². The number of rotatable bonds is 3. The van der Waals surface area contributed by atoms with Gasteiger partial charge in [-0.05, 0) is 41.5 Å². The van der Waals surface area contributed by atoms with Gasteiger partial charge in [-0.2, -0.15) is 4.99 Å². The molecule has 0 saturated carbocycles. The van der Waals surface area contributed by atoms with Crippen LogP contribution in [0.5, 0.6) is 0 Å². The van der Waals surface area contributed by atoms with Crippen molar-refractivity contribution in [2.45, 2.75) is 73.0 Å². The molecule has 0 N–H and O–H groups in total. The first kappa shape index (κ1) is 21.5. The largest absolute Gasteiger partial charge is 0.462 e. The molecule has 5 atom stereocenters. The van der Waals surface area contributed by atoms with E-state index in [1.54, 1.807) is 53.4 Å². The van der Waals surface area contributed by atoms with Crippen molar-refractivity contribution in [1.82, 2.24) is 4.90 Å². The lowest BCUT2D eigenvalue weighted by Crippen LogP contribution is -2.44. The Morgan fingerprint density at radius 1 is 1.14 bits per heavy atom. The highest BCUT2D eigenvalue weighted by Gasteiger charge is 2.58. The highest BCUT2D eigenvalue weighted by molar-refractivity contribution is 5.95. The number of esters is 2. The van der Waals surface area contributed by atoms with Gasteiger partial charge in [0.25, 0.3) is 11.9 Å². The molecule has 29 heavy (non-hydrogen) atoms. The molecule has 2 fully saturated rings. The minimum Gasteiger partial charge on any atom is -0.462 e. The fourth-order valence-electron chi connectivity index (χ4n) is 3.18. The normalized spacial score (nSPS) is 31.6. The van der Waals surface area contributed by atoms with Crippen LogP contribution in [0.4, 0.5) is 0 Å². The summed E-state index contributed by atoms with van der Waals surface area (Å²) in [4.78, 5) is 42.4. The van der Waals surface area contributed by atoms with Crippen LogP contribution in [0.25, 0.3) is 0 Å². The van der Waals surface area contributed by atoms with E-state index in [1.807, 2.05) is 0 Å². The van der Waals surface area contributed by atoms with E-state index in [0.717, 1.165) is 0 Å². The number of ether oxygens (including phenoxy) is 4. The molecule has 0 aromatic heterocycles. The quantitative estimate of drug-likeness (QED) is 0.645. The van der Waals surface area contributed by atoms with E-state index in [4.69, 9.17) is 18.9 Å². The minimum absolute atomic E-state index is 0.0661. The van der Waals surface area contributed by atoms with Gasteiger partial charge in [-0.1, -0.05) is 6.92 Å². The Hall–Kier alpha value is -2.16. The molecule has 0 radical (unpaired) electrons. The molecule has 162 valence electrons. The van der Waals surface area contributed by atoms with Crippen molar-refractivity contribution < 1.29 is 33.3 Å². The summed E-state index contributed by atoms with van der Waals surface area (Å²) in [5, 5.41) is 0. The standard InChI is InChI=1S/C20H30N2O7/c1-10-8-22-15-13(29-18(22)21-14(10)23)12(28-17(25)20(5,6)7)11(27-15)9-26-16(24)19(2,3)4/h10-13,15H,8-9H2,1-7H3/t10?,11-,12-,13+,15-/m1/s1. The topological polar surface area (TPSA) is 104 Å². The third-order valence-electron chi connectivity index (χ3n) is 5.02. The summed E-state index contributed by atoms with van der Waals surface area (Å²) in [5.74, 6) is -1.34. The van der Waals surface area contributed by atoms with Crippen molar-refractivity contribution in [3.63, 3.8) is 0 Å². The van der Waals surface area contributed by atoms with E-state index in [-0.39, 0.29) is 30.4 Å². The summed E-state index contributed by atoms with van der Waals surface area (Å²) in [6.45, 7) is 12.6. The molecule has 9 heteroatoms. The number of carbonyl (C=O) groups is 3. The maximum absolute atomic E-state index is 12.5. The van der Waals surface area contributed by atoms with Gasteiger partial charge in [-0.3, -0.25) is 19.3 Å². The second kappa shape index (κ2) is 7.27. The second-order valence-electron chi connectivity index (χ2n) is 9.90. The van der Waals surface area contributed by atoms with Crippen molar-refractivity contribution in [2.24, 2.45) is 21.7 Å². The first-order chi connectivity index (χ1) is 13.3. The number of aliphatic imine (C=N–C) groups is 1. The van der Waals surface area contributed by atoms with Crippen LogP contribution in [0.3, 0.4) is 0 Å². The van der Waals surface area contributed by atoms with Crippen LogP contribution in [-0.2, 0) is 33.3 Å². The van der Waals surface area contributed by atoms with E-state index in [9.17, 15) is 14.4 Å². The van der Waals surface area contributed by atoms with E-state index >= 15 is 0 Å². The summed E-state index contributed by atoms with van der Waals surface area (Å²) in [6, 6.07) is 0.185. The van der Waals surface area contributed by atoms with Gasteiger partial charge in [0.2, 0.25) is 0 Å². The number of hydrogen-bond donors (Lipinski definition) is 0. The SMILES string of the molecule is CC1CN2C(=NC1=O)O[C@H]1[C@H](OC(=O)C(C)(C)C)[C@@H](COC(=O)C(C)(C)C)O[C@H]12. The molecule has 1 amide bonds. The van der Waals surface area contributed by atoms with Gasteiger partial charge in [-0.25, -0.2) is 0 Å². The van der Waals surface area contributed by atoms with E-state index in [2.05, 4.69) is 4.99 Å². The number of hydrogen-bond acceptors (Lipinski definition) is 8. The molecule has 1 unspecified atom stereocenters. The number of fused-ring (bicyclic) bond motifs is 3. The predicted octanol–water partition coefficient (Wildman–Crippen LogP) is 1.49. The molecule has 0 aliphatic carbocycles. The predicted molar refractivity (Wildman–Crippen MR) is 102 cm³/mol. The zero-order valence-electron chi connectivity index (χ0n) is 18.1. The van der Waals surface area contributed by atoms with Crippen LogP contribution in [0, 0.1) is 16.7 Å². The van der Waals surface area contributed by atoms with Gasteiger partial charge in [0.15, 0.2) is 18.4 Å². The fourth-order valence-corrected chi connectivity index (χ4v) is 3.18. The molecule has 0 aromatic carbocycles. The van der Waals surface area contributed by atoms with Crippen LogP contribution >= 0.6 is 0 Å². The summed E-state index contributed by atoms with van der Waals surface area (Å²) in [5.41, 5.74) is -1.39. The van der Waals surface area contributed by atoms with E-state index in [1.165, 1.54) is 0 Å². The second-order valence-corrected chi connectivity index (χ2v) is 9.90. The zero-order valence-corrected chi connectivity index (χ0v) is 18.1. The Morgan fingerprint density at radius 2 is 1.76 bits per heavy atom. The molecule has 3 aliphatic rings. The molecular weight excluding hydrogens is 380 g/mol. The highest BCUT2D eigenvalue weighted by Crippen LogP contribution is 2.37. The molecule has 0 spiro atoms. The molecule has 9 nitrogen and oxygen atoms in total. The minimum atomic E-state index is -0.793. The van der Waals surface area contributed by atoms with Gasteiger partial charge in [0, 0.05) is 6.54 Å². The summed E-state index contributed by atoms with van der Waals surface area (Å²) >= 11 is 0. The summed E-state index contributed by atoms with van der Waals surface area (Å²) in [7, 11) is 0. The lowest BCUT2D eigenvalue weighted by atomic mass is 9.97. The maximum Gasteiger partial charge on any atom is 0.311 e. The van der Waals surface area contributed by atoms with Crippen molar-refractivity contribution >= 4 is 23.9 Å². The van der Waals surface area contributed by atoms with Gasteiger partial charge in [0.1, 0.15) is 12.7 Å². The third-order valence-corrected chi connectivity index (χ3v) is 5.02. The van der Waals surface area contributed by atoms with Crippen LogP contribution < -0.4 is 0 Å². The molecule has 3 heterocycles. The third kappa shape index (κ3) is 4.24. The Balaban J connectivity index is 1.80. The Bertz CT molecular complexity index is 734. The first-order valence-electron chi connectivity index (χ1n) is 9.88. The van der Waals surface area contributed by atoms with E-state index in [0.29, 0.717) is 6.54 Å². The maximum atomic E-state index is 12.5. The van der Waals surface area contributed by atoms with E-state index < -0.39 is 41.3 Å². The lowest BCUT2D eigenvalue weighted by Gasteiger charge is -2.29. The molecule has 0 aromatic rings. The molecule has 3 rings (SSSR count). The summed E-state index contributed by atoms with van der Waals surface area (Å²) < 4.78 is 23.1. The number of nitrogens with zero attached hydrogens (tertiary/aromatic N) is 2. The number of amides is 1. The van der Waals surface area contributed by atoms with Gasteiger partial charge in [-0.15, -0.1) is 0 Å². The average Bonchev–Trinajstić information content (AvgIpc) is 3.08. The average molecular weight is 410 g/mol. The smallest absolute Gasteiger partial charge is 0.311 e. The Labute approximate surface area is 170 Å². The Morgan fingerprint density at radius 3 is 2.34 bits per heavy atom. The lowest BCUT2D eigenvalue weighted by molar-refractivity contribution is -0.170. The molecule has 2 saturated heterocycles. The highest BCUT2D eigenvalue weighted by atomic mass is 16.7. The molecular formula is C20H30N2O7. The van der Waals surface area contributed by atoms with Gasteiger partial charge in [0.05, 0.1) is 16.7 Å². The van der Waals surface area contributed by atoms with Crippen molar-refractivity contribution in [3.05, 3.63) is 0 Å². The molecule has 3 aliphatic heterocycles. The van der Waals surface area contributed by atoms with Crippen molar-refractivity contribution in [1.29, 1.82) is 0 Å². The van der Waals surface area contributed by atoms with Crippen LogP contribution in [0.2, 0.25) is 0 Å². The van der Waals surface area contributed by atoms with Crippen LogP contribution in [0.1, 0.15) is 48.5 Å². The first-order valence-corrected chi connectivity index (χ1v) is 9.88. The fraction of sp³-hybridized carbons (Fsp3) is 0.800.